The molecule has 28 heavy (non-hydrogen) atoms. The van der Waals surface area contributed by atoms with Crippen molar-refractivity contribution in [3.8, 4) is 11.3 Å². The molecule has 0 atom stereocenters. The maximum atomic E-state index is 12.8. The molecule has 3 heterocycles. The molecule has 0 unspecified atom stereocenters. The first kappa shape index (κ1) is 18.1. The molecule has 1 amide bonds. The largest absolute Gasteiger partial charge is 0.416 e. The van der Waals surface area contributed by atoms with Gasteiger partial charge in [0.15, 0.2) is 10.8 Å². The van der Waals surface area contributed by atoms with E-state index >= 15 is 0 Å². The third-order valence-electron chi connectivity index (χ3n) is 4.05. The first-order valence-corrected chi connectivity index (χ1v) is 8.94. The van der Waals surface area contributed by atoms with Crippen LogP contribution in [0.5, 0.6) is 0 Å². The van der Waals surface area contributed by atoms with E-state index in [0.717, 1.165) is 12.1 Å². The van der Waals surface area contributed by atoms with Crippen LogP contribution in [0.4, 0.5) is 18.3 Å². The van der Waals surface area contributed by atoms with Gasteiger partial charge in [-0.15, -0.1) is 11.3 Å². The lowest BCUT2D eigenvalue weighted by Gasteiger charge is -2.09. The van der Waals surface area contributed by atoms with Crippen LogP contribution in [-0.4, -0.2) is 25.3 Å². The van der Waals surface area contributed by atoms with Crippen molar-refractivity contribution < 1.29 is 18.0 Å². The summed E-state index contributed by atoms with van der Waals surface area (Å²) >= 11 is 1.28. The van der Waals surface area contributed by atoms with E-state index in [1.54, 1.807) is 22.9 Å². The number of aromatic nitrogens is 4. The fourth-order valence-corrected chi connectivity index (χ4v) is 3.32. The number of halogens is 3. The van der Waals surface area contributed by atoms with Gasteiger partial charge in [0.05, 0.1) is 23.1 Å². The molecule has 142 valence electrons. The number of carbonyl (C=O) groups excluding carboxylic acids is 1. The van der Waals surface area contributed by atoms with E-state index in [1.165, 1.54) is 35.9 Å². The summed E-state index contributed by atoms with van der Waals surface area (Å²) in [6, 6.07) is 4.81. The number of fused-ring (bicyclic) bond motifs is 1. The number of aryl methyl sites for hydroxylation is 1. The average molecular weight is 403 g/mol. The summed E-state index contributed by atoms with van der Waals surface area (Å²) in [5, 5.41) is 4.81. The fraction of sp³-hybridized carbons (Fsp3) is 0.111. The molecule has 0 saturated heterocycles. The topological polar surface area (TPSA) is 72.2 Å². The minimum absolute atomic E-state index is 0.133. The maximum absolute atomic E-state index is 12.8. The van der Waals surface area contributed by atoms with Crippen LogP contribution in [0.25, 0.3) is 16.9 Å². The van der Waals surface area contributed by atoms with Gasteiger partial charge in [0.1, 0.15) is 5.69 Å². The number of carbonyl (C=O) groups is 1. The maximum Gasteiger partial charge on any atom is 0.416 e. The van der Waals surface area contributed by atoms with Gasteiger partial charge in [0.2, 0.25) is 0 Å². The van der Waals surface area contributed by atoms with Gasteiger partial charge in [-0.1, -0.05) is 12.1 Å². The highest BCUT2D eigenvalue weighted by Crippen LogP contribution is 2.32. The van der Waals surface area contributed by atoms with Gasteiger partial charge in [-0.05, 0) is 19.1 Å². The van der Waals surface area contributed by atoms with Crippen LogP contribution in [0.3, 0.4) is 0 Å². The second-order valence-electron chi connectivity index (χ2n) is 5.91. The summed E-state index contributed by atoms with van der Waals surface area (Å²) in [6.07, 6.45) is 0.111. The zero-order valence-corrected chi connectivity index (χ0v) is 15.2. The van der Waals surface area contributed by atoms with Crippen LogP contribution in [0, 0.1) is 6.92 Å². The molecule has 4 rings (SSSR count). The molecule has 0 fully saturated rings. The van der Waals surface area contributed by atoms with E-state index in [2.05, 4.69) is 20.3 Å². The lowest BCUT2D eigenvalue weighted by molar-refractivity contribution is -0.137. The molecule has 3 aromatic heterocycles. The quantitative estimate of drug-likeness (QED) is 0.549. The van der Waals surface area contributed by atoms with Crippen molar-refractivity contribution in [1.82, 2.24) is 19.4 Å². The average Bonchev–Trinajstić information content (AvgIpc) is 3.27. The number of nitrogens with one attached hydrogen (secondary N) is 1. The summed E-state index contributed by atoms with van der Waals surface area (Å²) < 4.78 is 40.1. The van der Waals surface area contributed by atoms with Gasteiger partial charge in [0, 0.05) is 23.3 Å². The van der Waals surface area contributed by atoms with Crippen LogP contribution >= 0.6 is 11.3 Å². The lowest BCUT2D eigenvalue weighted by Crippen LogP contribution is -2.14. The van der Waals surface area contributed by atoms with Gasteiger partial charge in [-0.25, -0.2) is 15.0 Å². The van der Waals surface area contributed by atoms with Crippen molar-refractivity contribution in [2.45, 2.75) is 13.1 Å². The highest BCUT2D eigenvalue weighted by Gasteiger charge is 2.30. The van der Waals surface area contributed by atoms with Crippen LogP contribution in [0.15, 0.2) is 48.2 Å². The molecule has 1 N–H and O–H groups in total. The van der Waals surface area contributed by atoms with E-state index in [0.29, 0.717) is 27.7 Å². The number of hydrogen-bond donors (Lipinski definition) is 1. The zero-order chi connectivity index (χ0) is 19.9. The third kappa shape index (κ3) is 3.33. The number of benzene rings is 1. The Balaban J connectivity index is 1.74. The van der Waals surface area contributed by atoms with Crippen molar-refractivity contribution in [3.63, 3.8) is 0 Å². The molecule has 0 saturated carbocycles. The number of imidazole rings is 1. The summed E-state index contributed by atoms with van der Waals surface area (Å²) in [5.41, 5.74) is 1.64. The summed E-state index contributed by atoms with van der Waals surface area (Å²) in [4.78, 5) is 24.9. The van der Waals surface area contributed by atoms with Crippen molar-refractivity contribution in [2.75, 3.05) is 5.32 Å². The van der Waals surface area contributed by atoms with Gasteiger partial charge in [0.25, 0.3) is 5.91 Å². The van der Waals surface area contributed by atoms with Crippen molar-refractivity contribution in [3.05, 3.63) is 65.2 Å². The SMILES string of the molecule is Cc1nc2cnc(C(=O)Nc3nccs3)cn2c1-c1ccc(C(F)(F)F)cc1. The molecule has 0 aliphatic heterocycles. The summed E-state index contributed by atoms with van der Waals surface area (Å²) in [6.45, 7) is 1.75. The first-order valence-electron chi connectivity index (χ1n) is 8.06. The Labute approximate surface area is 160 Å². The van der Waals surface area contributed by atoms with Crippen LogP contribution in [0.1, 0.15) is 21.7 Å². The number of rotatable bonds is 3. The molecule has 0 bridgehead atoms. The number of nitrogens with zero attached hydrogens (tertiary/aromatic N) is 4. The number of anilines is 1. The van der Waals surface area contributed by atoms with Crippen LogP contribution in [-0.2, 0) is 6.18 Å². The van der Waals surface area contributed by atoms with Gasteiger partial charge in [-0.3, -0.25) is 14.5 Å². The highest BCUT2D eigenvalue weighted by atomic mass is 32.1. The van der Waals surface area contributed by atoms with E-state index < -0.39 is 17.6 Å². The molecule has 10 heteroatoms. The molecular weight excluding hydrogens is 391 g/mol. The number of alkyl halides is 3. The molecule has 0 spiro atoms. The Morgan fingerprint density at radius 3 is 2.57 bits per heavy atom. The van der Waals surface area contributed by atoms with E-state index in [4.69, 9.17) is 0 Å². The molecule has 0 aliphatic rings. The molecule has 4 aromatic rings. The van der Waals surface area contributed by atoms with E-state index in [1.807, 2.05) is 0 Å². The lowest BCUT2D eigenvalue weighted by atomic mass is 10.1. The first-order chi connectivity index (χ1) is 13.3. The molecule has 0 aliphatic carbocycles. The summed E-state index contributed by atoms with van der Waals surface area (Å²) in [7, 11) is 0. The minimum atomic E-state index is -4.40. The molecule has 1 aromatic carbocycles. The van der Waals surface area contributed by atoms with Crippen molar-refractivity contribution in [2.24, 2.45) is 0 Å². The summed E-state index contributed by atoms with van der Waals surface area (Å²) in [5.74, 6) is -0.443. The predicted molar refractivity (Wildman–Crippen MR) is 98.2 cm³/mol. The normalized spacial score (nSPS) is 11.7. The van der Waals surface area contributed by atoms with Gasteiger partial charge >= 0.3 is 6.18 Å². The second kappa shape index (κ2) is 6.71. The Morgan fingerprint density at radius 1 is 1.18 bits per heavy atom. The Hall–Kier alpha value is -3.27. The Morgan fingerprint density at radius 2 is 1.93 bits per heavy atom. The Bertz CT molecular complexity index is 1150. The predicted octanol–water partition coefficient (Wildman–Crippen LogP) is 4.43. The smallest absolute Gasteiger partial charge is 0.296 e. The van der Waals surface area contributed by atoms with Gasteiger partial charge in [-0.2, -0.15) is 13.2 Å². The second-order valence-corrected chi connectivity index (χ2v) is 6.81. The van der Waals surface area contributed by atoms with E-state index in [9.17, 15) is 18.0 Å². The van der Waals surface area contributed by atoms with E-state index in [-0.39, 0.29) is 5.69 Å². The number of amides is 1. The molecular formula is C18H12F3N5OS. The standard InChI is InChI=1S/C18H12F3N5OS/c1-10-15(11-2-4-12(5-3-11)18(19,20)21)26-9-13(23-8-14(26)24-10)16(27)25-17-22-6-7-28-17/h2-9H,1H3,(H,22,25,27). The molecule has 6 nitrogen and oxygen atoms in total. The zero-order valence-electron chi connectivity index (χ0n) is 14.4. The third-order valence-corrected chi connectivity index (χ3v) is 4.74. The minimum Gasteiger partial charge on any atom is -0.296 e. The van der Waals surface area contributed by atoms with Gasteiger partial charge < -0.3 is 0 Å². The highest BCUT2D eigenvalue weighted by molar-refractivity contribution is 7.13. The van der Waals surface area contributed by atoms with Crippen LogP contribution < -0.4 is 5.32 Å². The molecule has 0 radical (unpaired) electrons. The van der Waals surface area contributed by atoms with Crippen molar-refractivity contribution in [1.29, 1.82) is 0 Å². The number of hydrogen-bond acceptors (Lipinski definition) is 5. The van der Waals surface area contributed by atoms with Crippen LogP contribution in [0.2, 0.25) is 0 Å². The van der Waals surface area contributed by atoms with Crippen molar-refractivity contribution >= 4 is 28.0 Å². The number of thiazole rings is 1. The Kier molecular flexibility index (Phi) is 4.34. The fourth-order valence-electron chi connectivity index (χ4n) is 2.80. The monoisotopic (exact) mass is 403 g/mol.